The number of benzene rings is 2. The Morgan fingerprint density at radius 1 is 1.28 bits per heavy atom. The van der Waals surface area contributed by atoms with Gasteiger partial charge >= 0.3 is 0 Å². The van der Waals surface area contributed by atoms with Crippen molar-refractivity contribution in [3.8, 4) is 11.8 Å². The molecule has 0 spiro atoms. The fraction of sp³-hybridized carbons (Fsp3) is 0.190. The average Bonchev–Trinajstić information content (AvgIpc) is 3.15. The van der Waals surface area contributed by atoms with Gasteiger partial charge in [0.2, 0.25) is 10.0 Å². The normalized spacial score (nSPS) is 10.9. The smallest absolute Gasteiger partial charge is 0.285 e. The van der Waals surface area contributed by atoms with Crippen LogP contribution in [0.3, 0.4) is 0 Å². The summed E-state index contributed by atoms with van der Waals surface area (Å²) in [5.41, 5.74) is 2.34. The van der Waals surface area contributed by atoms with Crippen LogP contribution in [0.25, 0.3) is 0 Å². The number of aromatic nitrogens is 1. The minimum Gasteiger partial charge on any atom is -0.497 e. The van der Waals surface area contributed by atoms with Gasteiger partial charge in [0.1, 0.15) is 9.54 Å². The summed E-state index contributed by atoms with van der Waals surface area (Å²) >= 11 is 4.53. The Kier molecular flexibility index (Phi) is 7.50. The third-order valence-corrected chi connectivity index (χ3v) is 6.65. The second-order valence-electron chi connectivity index (χ2n) is 6.73. The number of thiazole rings is 1. The SMILES string of the molecule is COc1cccc(CCN(c2ccc(C#N)cc2)c2nc(C(=O)NS(C)(=O)=O)c(Br)s2)c1. The zero-order valence-corrected chi connectivity index (χ0v) is 20.4. The van der Waals surface area contributed by atoms with Gasteiger partial charge in [-0.25, -0.2) is 18.1 Å². The fourth-order valence-electron chi connectivity index (χ4n) is 2.88. The van der Waals surface area contributed by atoms with Crippen LogP contribution in [0.15, 0.2) is 52.3 Å². The molecule has 0 fully saturated rings. The Bertz CT molecular complexity index is 1270. The molecule has 2 aromatic carbocycles. The van der Waals surface area contributed by atoms with E-state index in [1.807, 2.05) is 33.9 Å². The molecule has 0 aliphatic heterocycles. The Morgan fingerprint density at radius 2 is 2.00 bits per heavy atom. The van der Waals surface area contributed by atoms with Gasteiger partial charge in [-0.15, -0.1) is 0 Å². The molecule has 32 heavy (non-hydrogen) atoms. The standard InChI is InChI=1S/C21H19BrN4O4S2/c1-30-17-5-3-4-14(12-17)10-11-26(16-8-6-15(13-23)7-9-16)21-24-18(19(22)31-21)20(27)25-32(2,28)29/h3-9,12H,10-11H2,1-2H3,(H,25,27). The van der Waals surface area contributed by atoms with Crippen LogP contribution in [0.1, 0.15) is 21.6 Å². The molecule has 0 saturated carbocycles. The zero-order valence-electron chi connectivity index (χ0n) is 17.2. The third kappa shape index (κ3) is 6.06. The number of nitrogens with zero attached hydrogens (tertiary/aromatic N) is 3. The maximum absolute atomic E-state index is 12.3. The second-order valence-corrected chi connectivity index (χ2v) is 10.8. The van der Waals surface area contributed by atoms with E-state index >= 15 is 0 Å². The van der Waals surface area contributed by atoms with Crippen LogP contribution >= 0.6 is 27.3 Å². The van der Waals surface area contributed by atoms with Crippen molar-refractivity contribution in [3.63, 3.8) is 0 Å². The summed E-state index contributed by atoms with van der Waals surface area (Å²) in [4.78, 5) is 18.6. The zero-order chi connectivity index (χ0) is 23.3. The average molecular weight is 535 g/mol. The highest BCUT2D eigenvalue weighted by atomic mass is 79.9. The molecule has 11 heteroatoms. The molecule has 0 saturated heterocycles. The molecule has 0 radical (unpaired) electrons. The predicted molar refractivity (Wildman–Crippen MR) is 127 cm³/mol. The van der Waals surface area contributed by atoms with Crippen molar-refractivity contribution < 1.29 is 17.9 Å². The van der Waals surface area contributed by atoms with E-state index in [0.717, 1.165) is 23.3 Å². The number of carbonyl (C=O) groups excluding carboxylic acids is 1. The summed E-state index contributed by atoms with van der Waals surface area (Å²) in [6.07, 6.45) is 1.56. The van der Waals surface area contributed by atoms with E-state index < -0.39 is 15.9 Å². The lowest BCUT2D eigenvalue weighted by molar-refractivity contribution is 0.0977. The first-order valence-electron chi connectivity index (χ1n) is 9.29. The first kappa shape index (κ1) is 23.7. The number of rotatable bonds is 8. The number of halogens is 1. The van der Waals surface area contributed by atoms with Gasteiger partial charge in [-0.1, -0.05) is 23.5 Å². The van der Waals surface area contributed by atoms with Crippen LogP contribution in [0.4, 0.5) is 10.8 Å². The lowest BCUT2D eigenvalue weighted by Gasteiger charge is -2.22. The summed E-state index contributed by atoms with van der Waals surface area (Å²) in [6, 6.07) is 16.8. The third-order valence-electron chi connectivity index (χ3n) is 4.36. The van der Waals surface area contributed by atoms with Gasteiger partial charge in [0, 0.05) is 12.2 Å². The molecule has 1 amide bonds. The first-order chi connectivity index (χ1) is 15.2. The number of ether oxygens (including phenoxy) is 1. The van der Waals surface area contributed by atoms with Crippen LogP contribution in [0, 0.1) is 11.3 Å². The van der Waals surface area contributed by atoms with Crippen molar-refractivity contribution in [2.75, 3.05) is 24.8 Å². The van der Waals surface area contributed by atoms with Crippen LogP contribution in [-0.4, -0.2) is 39.2 Å². The second kappa shape index (κ2) is 10.1. The van der Waals surface area contributed by atoms with Crippen molar-refractivity contribution in [3.05, 3.63) is 69.1 Å². The summed E-state index contributed by atoms with van der Waals surface area (Å²) < 4.78 is 30.5. The molecule has 0 unspecified atom stereocenters. The van der Waals surface area contributed by atoms with Crippen LogP contribution < -0.4 is 14.4 Å². The van der Waals surface area contributed by atoms with Gasteiger partial charge in [-0.3, -0.25) is 4.79 Å². The minimum absolute atomic E-state index is 0.0181. The van der Waals surface area contributed by atoms with Gasteiger partial charge in [0.15, 0.2) is 10.8 Å². The van der Waals surface area contributed by atoms with Crippen LogP contribution in [-0.2, 0) is 16.4 Å². The quantitative estimate of drug-likeness (QED) is 0.466. The Hall–Kier alpha value is -2.94. The molecule has 166 valence electrons. The highest BCUT2D eigenvalue weighted by Crippen LogP contribution is 2.35. The lowest BCUT2D eigenvalue weighted by Crippen LogP contribution is -2.30. The van der Waals surface area contributed by atoms with Gasteiger partial charge in [0.05, 0.1) is 25.0 Å². The van der Waals surface area contributed by atoms with Crippen molar-refractivity contribution in [2.45, 2.75) is 6.42 Å². The maximum atomic E-state index is 12.3. The molecular weight excluding hydrogens is 516 g/mol. The summed E-state index contributed by atoms with van der Waals surface area (Å²) in [5, 5.41) is 9.60. The molecule has 0 bridgehead atoms. The highest BCUT2D eigenvalue weighted by molar-refractivity contribution is 9.11. The van der Waals surface area contributed by atoms with Gasteiger partial charge in [-0.05, 0) is 64.3 Å². The lowest BCUT2D eigenvalue weighted by atomic mass is 10.1. The monoisotopic (exact) mass is 534 g/mol. The van der Waals surface area contributed by atoms with E-state index in [1.54, 1.807) is 31.4 Å². The molecule has 3 rings (SSSR count). The van der Waals surface area contributed by atoms with Gasteiger partial charge in [-0.2, -0.15) is 5.26 Å². The number of hydrogen-bond acceptors (Lipinski definition) is 8. The number of anilines is 2. The maximum Gasteiger partial charge on any atom is 0.285 e. The number of sulfonamides is 1. The number of nitrogens with one attached hydrogen (secondary N) is 1. The molecule has 1 N–H and O–H groups in total. The topological polar surface area (TPSA) is 112 Å². The highest BCUT2D eigenvalue weighted by Gasteiger charge is 2.23. The minimum atomic E-state index is -3.72. The van der Waals surface area contributed by atoms with Gasteiger partial charge < -0.3 is 9.64 Å². The van der Waals surface area contributed by atoms with Crippen molar-refractivity contribution in [2.24, 2.45) is 0 Å². The van der Waals surface area contributed by atoms with E-state index in [2.05, 4.69) is 27.0 Å². The van der Waals surface area contributed by atoms with E-state index in [-0.39, 0.29) is 5.69 Å². The van der Waals surface area contributed by atoms with Crippen molar-refractivity contribution >= 4 is 54.0 Å². The van der Waals surface area contributed by atoms with Crippen LogP contribution in [0.5, 0.6) is 5.75 Å². The number of hydrogen-bond donors (Lipinski definition) is 1. The molecule has 8 nitrogen and oxygen atoms in total. The van der Waals surface area contributed by atoms with E-state index in [1.165, 1.54) is 11.3 Å². The molecular formula is C21H19BrN4O4S2. The number of nitriles is 1. The van der Waals surface area contributed by atoms with Gasteiger partial charge in [0.25, 0.3) is 5.91 Å². The molecule has 1 heterocycles. The summed E-state index contributed by atoms with van der Waals surface area (Å²) in [5.74, 6) is -0.0569. The predicted octanol–water partition coefficient (Wildman–Crippen LogP) is 3.86. The fourth-order valence-corrected chi connectivity index (χ4v) is 4.86. The van der Waals surface area contributed by atoms with E-state index in [9.17, 15) is 13.2 Å². The largest absolute Gasteiger partial charge is 0.497 e. The first-order valence-corrected chi connectivity index (χ1v) is 12.8. The van der Waals surface area contributed by atoms with Crippen molar-refractivity contribution in [1.82, 2.24) is 9.71 Å². The molecule has 0 atom stereocenters. The van der Waals surface area contributed by atoms with E-state index in [0.29, 0.717) is 27.4 Å². The van der Waals surface area contributed by atoms with E-state index in [4.69, 9.17) is 10.00 Å². The Balaban J connectivity index is 1.94. The summed E-state index contributed by atoms with van der Waals surface area (Å²) in [7, 11) is -2.11. The van der Waals surface area contributed by atoms with Crippen LogP contribution in [0.2, 0.25) is 0 Å². The molecule has 1 aromatic heterocycles. The molecule has 3 aromatic rings. The van der Waals surface area contributed by atoms with Crippen molar-refractivity contribution in [1.29, 1.82) is 5.26 Å². The summed E-state index contributed by atoms with van der Waals surface area (Å²) in [6.45, 7) is 0.520. The Morgan fingerprint density at radius 3 is 2.62 bits per heavy atom. The Labute approximate surface area is 198 Å². The number of amides is 1. The number of methoxy groups -OCH3 is 1. The molecule has 0 aliphatic carbocycles. The number of carbonyl (C=O) groups is 1. The molecule has 0 aliphatic rings.